The first-order valence-corrected chi connectivity index (χ1v) is 9.13. The van der Waals surface area contributed by atoms with Crippen LogP contribution in [0.15, 0.2) is 41.6 Å². The average Bonchev–Trinajstić information content (AvgIpc) is 2.68. The molecule has 3 rings (SSSR count). The number of anilines is 3. The number of rotatable bonds is 5. The Morgan fingerprint density at radius 1 is 1.19 bits per heavy atom. The summed E-state index contributed by atoms with van der Waals surface area (Å²) in [6.07, 6.45) is 3.39. The van der Waals surface area contributed by atoms with E-state index in [1.807, 2.05) is 25.1 Å². The minimum absolute atomic E-state index is 0.117. The van der Waals surface area contributed by atoms with Crippen LogP contribution in [0, 0.1) is 0 Å². The van der Waals surface area contributed by atoms with Crippen molar-refractivity contribution in [3.63, 3.8) is 0 Å². The van der Waals surface area contributed by atoms with Gasteiger partial charge in [0.05, 0.1) is 11.8 Å². The van der Waals surface area contributed by atoms with Crippen molar-refractivity contribution in [2.75, 3.05) is 55.0 Å². The van der Waals surface area contributed by atoms with E-state index in [1.165, 1.54) is 5.69 Å². The number of para-hydroxylation sites is 1. The van der Waals surface area contributed by atoms with Crippen LogP contribution in [0.4, 0.5) is 17.5 Å². The van der Waals surface area contributed by atoms with Crippen molar-refractivity contribution in [2.45, 2.75) is 0 Å². The van der Waals surface area contributed by atoms with Gasteiger partial charge in [-0.15, -0.1) is 0 Å². The maximum absolute atomic E-state index is 5.38. The number of benzene rings is 1. The topological polar surface area (TPSA) is 85.9 Å². The standard InChI is InChI=1S/C18H24N8S/c1-24(2)16-14(13-21-23-17(19)27)12-20-18(22-16)26-10-8-25(9-11-26)15-6-4-3-5-7-15/h3-7,12-13H,8-11H2,1-2H3,(H3,19,23,27). The van der Waals surface area contributed by atoms with Crippen LogP contribution in [-0.2, 0) is 0 Å². The SMILES string of the molecule is CN(C)c1nc(N2CCN(c3ccccc3)CC2)ncc1C=NNC(N)=S. The minimum Gasteiger partial charge on any atom is -0.375 e. The number of nitrogens with zero attached hydrogens (tertiary/aromatic N) is 6. The van der Waals surface area contributed by atoms with E-state index in [4.69, 9.17) is 22.9 Å². The number of hydrogen-bond acceptors (Lipinski definition) is 7. The molecule has 0 unspecified atom stereocenters. The van der Waals surface area contributed by atoms with Crippen LogP contribution in [0.25, 0.3) is 0 Å². The average molecular weight is 385 g/mol. The fourth-order valence-corrected chi connectivity index (χ4v) is 3.00. The van der Waals surface area contributed by atoms with Gasteiger partial charge in [-0.05, 0) is 24.4 Å². The molecular formula is C18H24N8S. The number of nitrogens with one attached hydrogen (secondary N) is 1. The Hall–Kier alpha value is -2.94. The van der Waals surface area contributed by atoms with E-state index in [2.05, 4.69) is 49.6 Å². The first kappa shape index (κ1) is 18.8. The molecular weight excluding hydrogens is 360 g/mol. The maximum Gasteiger partial charge on any atom is 0.227 e. The largest absolute Gasteiger partial charge is 0.375 e. The zero-order valence-corrected chi connectivity index (χ0v) is 16.4. The Labute approximate surface area is 164 Å². The number of hydrogen-bond donors (Lipinski definition) is 2. The second kappa shape index (κ2) is 8.63. The number of thiocarbonyl (C=S) groups is 1. The van der Waals surface area contributed by atoms with Crippen LogP contribution >= 0.6 is 12.2 Å². The molecule has 0 aliphatic carbocycles. The van der Waals surface area contributed by atoms with Gasteiger partial charge in [-0.2, -0.15) is 10.1 Å². The van der Waals surface area contributed by atoms with Crippen LogP contribution in [-0.4, -0.2) is 61.6 Å². The van der Waals surface area contributed by atoms with E-state index >= 15 is 0 Å². The Morgan fingerprint density at radius 3 is 2.48 bits per heavy atom. The Bertz CT molecular complexity index is 800. The van der Waals surface area contributed by atoms with Crippen molar-refractivity contribution in [2.24, 2.45) is 10.8 Å². The molecule has 0 amide bonds. The summed E-state index contributed by atoms with van der Waals surface area (Å²) in [7, 11) is 3.88. The number of hydrazone groups is 1. The van der Waals surface area contributed by atoms with Crippen molar-refractivity contribution in [1.29, 1.82) is 0 Å². The lowest BCUT2D eigenvalue weighted by molar-refractivity contribution is 0.640. The molecule has 142 valence electrons. The van der Waals surface area contributed by atoms with Gasteiger partial charge in [-0.25, -0.2) is 4.98 Å². The zero-order chi connectivity index (χ0) is 19.2. The number of nitrogens with two attached hydrogens (primary N) is 1. The monoisotopic (exact) mass is 384 g/mol. The zero-order valence-electron chi connectivity index (χ0n) is 15.5. The van der Waals surface area contributed by atoms with Crippen molar-refractivity contribution in [3.05, 3.63) is 42.1 Å². The third-order valence-electron chi connectivity index (χ3n) is 4.27. The number of piperazine rings is 1. The molecule has 27 heavy (non-hydrogen) atoms. The van der Waals surface area contributed by atoms with Gasteiger partial charge < -0.3 is 20.4 Å². The first-order valence-electron chi connectivity index (χ1n) is 8.72. The molecule has 2 heterocycles. The van der Waals surface area contributed by atoms with E-state index in [9.17, 15) is 0 Å². The molecule has 8 nitrogen and oxygen atoms in total. The van der Waals surface area contributed by atoms with Crippen LogP contribution in [0.2, 0.25) is 0 Å². The van der Waals surface area contributed by atoms with Crippen LogP contribution in [0.3, 0.4) is 0 Å². The molecule has 0 spiro atoms. The lowest BCUT2D eigenvalue weighted by atomic mass is 10.2. The van der Waals surface area contributed by atoms with Gasteiger partial charge in [0.2, 0.25) is 5.95 Å². The fraction of sp³-hybridized carbons (Fsp3) is 0.333. The lowest BCUT2D eigenvalue weighted by Gasteiger charge is -2.36. The molecule has 1 saturated heterocycles. The molecule has 1 aromatic carbocycles. The summed E-state index contributed by atoms with van der Waals surface area (Å²) in [4.78, 5) is 15.8. The van der Waals surface area contributed by atoms with Crippen molar-refractivity contribution in [3.8, 4) is 0 Å². The number of aromatic nitrogens is 2. The molecule has 0 radical (unpaired) electrons. The molecule has 1 aliphatic heterocycles. The molecule has 0 saturated carbocycles. The Balaban J connectivity index is 1.71. The molecule has 1 fully saturated rings. The Morgan fingerprint density at radius 2 is 1.85 bits per heavy atom. The summed E-state index contributed by atoms with van der Waals surface area (Å²) >= 11 is 4.75. The van der Waals surface area contributed by atoms with Gasteiger partial charge in [0.15, 0.2) is 5.11 Å². The highest BCUT2D eigenvalue weighted by atomic mass is 32.1. The van der Waals surface area contributed by atoms with Gasteiger partial charge in [-0.3, -0.25) is 5.43 Å². The molecule has 9 heteroatoms. The van der Waals surface area contributed by atoms with Gasteiger partial charge in [0, 0.05) is 52.2 Å². The van der Waals surface area contributed by atoms with E-state index < -0.39 is 0 Å². The van der Waals surface area contributed by atoms with Crippen LogP contribution in [0.5, 0.6) is 0 Å². The first-order chi connectivity index (χ1) is 13.0. The van der Waals surface area contributed by atoms with E-state index in [-0.39, 0.29) is 5.11 Å². The molecule has 2 aromatic rings. The predicted molar refractivity (Wildman–Crippen MR) is 115 cm³/mol. The summed E-state index contributed by atoms with van der Waals surface area (Å²) in [5, 5.41) is 4.12. The van der Waals surface area contributed by atoms with E-state index in [0.29, 0.717) is 0 Å². The molecule has 1 aromatic heterocycles. The van der Waals surface area contributed by atoms with Crippen LogP contribution in [0.1, 0.15) is 5.56 Å². The summed E-state index contributed by atoms with van der Waals surface area (Å²) in [6, 6.07) is 10.5. The quantitative estimate of drug-likeness (QED) is 0.449. The fourth-order valence-electron chi connectivity index (χ4n) is 2.94. The summed E-state index contributed by atoms with van der Waals surface area (Å²) < 4.78 is 0. The van der Waals surface area contributed by atoms with Gasteiger partial charge in [0.1, 0.15) is 5.82 Å². The lowest BCUT2D eigenvalue weighted by Crippen LogP contribution is -2.47. The predicted octanol–water partition coefficient (Wildman–Crippen LogP) is 1.04. The van der Waals surface area contributed by atoms with Gasteiger partial charge >= 0.3 is 0 Å². The van der Waals surface area contributed by atoms with Crippen molar-refractivity contribution >= 4 is 41.0 Å². The smallest absolute Gasteiger partial charge is 0.227 e. The Kier molecular flexibility index (Phi) is 6.02. The summed E-state index contributed by atoms with van der Waals surface area (Å²) in [6.45, 7) is 3.62. The van der Waals surface area contributed by atoms with E-state index in [1.54, 1.807) is 12.4 Å². The second-order valence-corrected chi connectivity index (χ2v) is 6.83. The summed E-state index contributed by atoms with van der Waals surface area (Å²) in [5.74, 6) is 1.52. The third-order valence-corrected chi connectivity index (χ3v) is 4.36. The highest BCUT2D eigenvalue weighted by Gasteiger charge is 2.20. The van der Waals surface area contributed by atoms with Crippen LogP contribution < -0.4 is 25.9 Å². The highest BCUT2D eigenvalue weighted by Crippen LogP contribution is 2.21. The highest BCUT2D eigenvalue weighted by molar-refractivity contribution is 7.80. The van der Waals surface area contributed by atoms with Crippen molar-refractivity contribution < 1.29 is 0 Å². The van der Waals surface area contributed by atoms with Gasteiger partial charge in [0.25, 0.3) is 0 Å². The second-order valence-electron chi connectivity index (χ2n) is 6.39. The van der Waals surface area contributed by atoms with E-state index in [0.717, 1.165) is 43.5 Å². The third kappa shape index (κ3) is 4.82. The molecule has 0 bridgehead atoms. The normalized spacial score (nSPS) is 14.4. The maximum atomic E-state index is 5.38. The minimum atomic E-state index is 0.117. The molecule has 0 atom stereocenters. The summed E-state index contributed by atoms with van der Waals surface area (Å²) in [5.41, 5.74) is 9.97. The molecule has 1 aliphatic rings. The molecule has 3 N–H and O–H groups in total. The van der Waals surface area contributed by atoms with Gasteiger partial charge in [-0.1, -0.05) is 18.2 Å². The van der Waals surface area contributed by atoms with Crippen molar-refractivity contribution in [1.82, 2.24) is 15.4 Å².